The van der Waals surface area contributed by atoms with Crippen molar-refractivity contribution in [3.05, 3.63) is 42.6 Å². The molecule has 2 aromatic heterocycles. The molecule has 0 bridgehead atoms. The molecule has 2 rings (SSSR count). The van der Waals surface area contributed by atoms with Crippen LogP contribution in [0.3, 0.4) is 0 Å². The molecule has 4 nitrogen and oxygen atoms in total. The van der Waals surface area contributed by atoms with E-state index in [-0.39, 0.29) is 6.04 Å². The van der Waals surface area contributed by atoms with Crippen molar-refractivity contribution in [2.24, 2.45) is 5.73 Å². The summed E-state index contributed by atoms with van der Waals surface area (Å²) in [7, 11) is 0. The molecule has 0 spiro atoms. The van der Waals surface area contributed by atoms with Crippen LogP contribution in [0, 0.1) is 0 Å². The Hall–Kier alpha value is -1.46. The van der Waals surface area contributed by atoms with Gasteiger partial charge in [0.25, 0.3) is 0 Å². The highest BCUT2D eigenvalue weighted by molar-refractivity contribution is 7.99. The van der Waals surface area contributed by atoms with Crippen LogP contribution in [-0.4, -0.2) is 15.0 Å². The van der Waals surface area contributed by atoms with Gasteiger partial charge >= 0.3 is 0 Å². The van der Waals surface area contributed by atoms with Crippen LogP contribution in [0.5, 0.6) is 0 Å². The number of rotatable bonds is 4. The van der Waals surface area contributed by atoms with E-state index >= 15 is 0 Å². The second-order valence-electron chi connectivity index (χ2n) is 3.58. The van der Waals surface area contributed by atoms with Crippen LogP contribution in [0.2, 0.25) is 0 Å². The second-order valence-corrected chi connectivity index (χ2v) is 4.68. The third kappa shape index (κ3) is 3.25. The van der Waals surface area contributed by atoms with Gasteiger partial charge in [0.05, 0.1) is 5.69 Å². The molecule has 1 atom stereocenters. The molecule has 0 aliphatic rings. The number of hydrogen-bond acceptors (Lipinski definition) is 5. The van der Waals surface area contributed by atoms with Crippen molar-refractivity contribution in [1.82, 2.24) is 15.0 Å². The normalized spacial score (nSPS) is 12.4. The van der Waals surface area contributed by atoms with Crippen LogP contribution in [0.25, 0.3) is 0 Å². The zero-order chi connectivity index (χ0) is 12.1. The van der Waals surface area contributed by atoms with Gasteiger partial charge < -0.3 is 5.73 Å². The van der Waals surface area contributed by atoms with E-state index in [0.717, 1.165) is 22.0 Å². The fraction of sp³-hybridized carbons (Fsp3) is 0.250. The van der Waals surface area contributed by atoms with E-state index in [9.17, 15) is 0 Å². The lowest BCUT2D eigenvalue weighted by Crippen LogP contribution is -2.10. The minimum absolute atomic E-state index is 0.0214. The minimum atomic E-state index is 0.0214. The van der Waals surface area contributed by atoms with Gasteiger partial charge in [-0.3, -0.25) is 4.98 Å². The van der Waals surface area contributed by atoms with Gasteiger partial charge in [0.2, 0.25) is 0 Å². The van der Waals surface area contributed by atoms with Crippen molar-refractivity contribution in [3.8, 4) is 0 Å². The Labute approximate surface area is 105 Å². The lowest BCUT2D eigenvalue weighted by molar-refractivity contribution is 0.674. The summed E-state index contributed by atoms with van der Waals surface area (Å²) in [6, 6.07) is 5.88. The predicted molar refractivity (Wildman–Crippen MR) is 67.6 cm³/mol. The Morgan fingerprint density at radius 1 is 1.29 bits per heavy atom. The molecule has 17 heavy (non-hydrogen) atoms. The van der Waals surface area contributed by atoms with E-state index in [1.165, 1.54) is 6.33 Å². The first kappa shape index (κ1) is 12.0. The molecule has 0 aromatic carbocycles. The summed E-state index contributed by atoms with van der Waals surface area (Å²) in [5.41, 5.74) is 6.84. The molecule has 0 radical (unpaired) electrons. The molecular formula is C12H14N4S. The van der Waals surface area contributed by atoms with Gasteiger partial charge in [0.15, 0.2) is 0 Å². The quantitative estimate of drug-likeness (QED) is 0.839. The molecule has 0 saturated carbocycles. The van der Waals surface area contributed by atoms with E-state index in [1.807, 2.05) is 24.4 Å². The number of pyridine rings is 1. The highest BCUT2D eigenvalue weighted by Crippen LogP contribution is 2.25. The van der Waals surface area contributed by atoms with Gasteiger partial charge in [-0.25, -0.2) is 9.97 Å². The van der Waals surface area contributed by atoms with Gasteiger partial charge in [0, 0.05) is 23.3 Å². The zero-order valence-electron chi connectivity index (χ0n) is 9.58. The minimum Gasteiger partial charge on any atom is -0.323 e. The van der Waals surface area contributed by atoms with Gasteiger partial charge in [-0.05, 0) is 24.6 Å². The lowest BCUT2D eigenvalue weighted by Gasteiger charge is -2.08. The summed E-state index contributed by atoms with van der Waals surface area (Å²) in [6.07, 6.45) is 5.99. The van der Waals surface area contributed by atoms with E-state index in [0.29, 0.717) is 0 Å². The van der Waals surface area contributed by atoms with Crippen molar-refractivity contribution in [2.45, 2.75) is 29.3 Å². The second kappa shape index (κ2) is 5.75. The van der Waals surface area contributed by atoms with Crippen LogP contribution in [0.4, 0.5) is 0 Å². The molecule has 2 heterocycles. The summed E-state index contributed by atoms with van der Waals surface area (Å²) in [4.78, 5) is 13.4. The maximum Gasteiger partial charge on any atom is 0.116 e. The molecule has 0 aliphatic carbocycles. The van der Waals surface area contributed by atoms with Crippen molar-refractivity contribution in [2.75, 3.05) is 0 Å². The maximum atomic E-state index is 5.91. The SMILES string of the molecule is CC[C@H](N)c1ccc(Sc2ccncn2)cn1. The summed E-state index contributed by atoms with van der Waals surface area (Å²) < 4.78 is 0. The first-order valence-corrected chi connectivity index (χ1v) is 6.26. The zero-order valence-corrected chi connectivity index (χ0v) is 10.4. The van der Waals surface area contributed by atoms with Gasteiger partial charge in [-0.2, -0.15) is 0 Å². The number of nitrogens with zero attached hydrogens (tertiary/aromatic N) is 3. The van der Waals surface area contributed by atoms with Crippen LogP contribution in [0.15, 0.2) is 46.8 Å². The molecule has 0 fully saturated rings. The Morgan fingerprint density at radius 3 is 2.76 bits per heavy atom. The van der Waals surface area contributed by atoms with Crippen LogP contribution >= 0.6 is 11.8 Å². The molecule has 0 amide bonds. The van der Waals surface area contributed by atoms with Crippen molar-refractivity contribution in [1.29, 1.82) is 0 Å². The van der Waals surface area contributed by atoms with Crippen molar-refractivity contribution >= 4 is 11.8 Å². The molecule has 0 aliphatic heterocycles. The highest BCUT2D eigenvalue weighted by atomic mass is 32.2. The summed E-state index contributed by atoms with van der Waals surface area (Å²) in [6.45, 7) is 2.05. The van der Waals surface area contributed by atoms with Gasteiger partial charge in [0.1, 0.15) is 11.4 Å². The number of aromatic nitrogens is 3. The van der Waals surface area contributed by atoms with E-state index in [2.05, 4.69) is 21.9 Å². The fourth-order valence-electron chi connectivity index (χ4n) is 1.34. The predicted octanol–water partition coefficient (Wildman–Crippen LogP) is 2.43. The fourth-order valence-corrected chi connectivity index (χ4v) is 2.05. The third-order valence-electron chi connectivity index (χ3n) is 2.36. The summed E-state index contributed by atoms with van der Waals surface area (Å²) in [5.74, 6) is 0. The molecule has 88 valence electrons. The molecule has 5 heteroatoms. The lowest BCUT2D eigenvalue weighted by atomic mass is 10.1. The molecular weight excluding hydrogens is 232 g/mol. The average Bonchev–Trinajstić information content (AvgIpc) is 2.40. The topological polar surface area (TPSA) is 64.7 Å². The highest BCUT2D eigenvalue weighted by Gasteiger charge is 2.05. The third-order valence-corrected chi connectivity index (χ3v) is 3.28. The summed E-state index contributed by atoms with van der Waals surface area (Å²) in [5, 5.41) is 0.911. The Kier molecular flexibility index (Phi) is 4.06. The standard InChI is InChI=1S/C12H14N4S/c1-2-10(13)11-4-3-9(7-15-11)17-12-5-6-14-8-16-12/h3-8,10H,2,13H2,1H3/t10-/m0/s1. The number of hydrogen-bond donors (Lipinski definition) is 1. The Morgan fingerprint density at radius 2 is 2.18 bits per heavy atom. The van der Waals surface area contributed by atoms with Gasteiger partial charge in [-0.1, -0.05) is 18.7 Å². The van der Waals surface area contributed by atoms with Crippen LogP contribution in [-0.2, 0) is 0 Å². The molecule has 0 unspecified atom stereocenters. The smallest absolute Gasteiger partial charge is 0.116 e. The van der Waals surface area contributed by atoms with E-state index in [1.54, 1.807) is 18.0 Å². The maximum absolute atomic E-state index is 5.91. The largest absolute Gasteiger partial charge is 0.323 e. The van der Waals surface area contributed by atoms with Crippen molar-refractivity contribution < 1.29 is 0 Å². The first-order chi connectivity index (χ1) is 8.29. The van der Waals surface area contributed by atoms with Crippen LogP contribution in [0.1, 0.15) is 25.1 Å². The van der Waals surface area contributed by atoms with Crippen LogP contribution < -0.4 is 5.73 Å². The summed E-state index contributed by atoms with van der Waals surface area (Å²) >= 11 is 1.56. The van der Waals surface area contributed by atoms with Crippen molar-refractivity contribution in [3.63, 3.8) is 0 Å². The molecule has 0 saturated heterocycles. The monoisotopic (exact) mass is 246 g/mol. The molecule has 2 aromatic rings. The van der Waals surface area contributed by atoms with E-state index < -0.39 is 0 Å². The number of nitrogens with two attached hydrogens (primary N) is 1. The van der Waals surface area contributed by atoms with E-state index in [4.69, 9.17) is 5.73 Å². The Balaban J connectivity index is 2.08. The van der Waals surface area contributed by atoms with Gasteiger partial charge in [-0.15, -0.1) is 0 Å². The molecule has 2 N–H and O–H groups in total. The first-order valence-electron chi connectivity index (χ1n) is 5.45. The average molecular weight is 246 g/mol. The Bertz CT molecular complexity index is 458.